The van der Waals surface area contributed by atoms with Gasteiger partial charge in [0, 0.05) is 10.0 Å². The van der Waals surface area contributed by atoms with Gasteiger partial charge in [-0.25, -0.2) is 0 Å². The lowest BCUT2D eigenvalue weighted by molar-refractivity contribution is 0.0819. The molecule has 0 amide bonds. The van der Waals surface area contributed by atoms with E-state index in [4.69, 9.17) is 0 Å². The smallest absolute Gasteiger partial charge is 0.177 e. The number of ketones is 2. The molecule has 2 aromatic carbocycles. The average molecular weight is 333 g/mol. The molecule has 2 rings (SSSR count). The Balaban J connectivity index is 2.29. The van der Waals surface area contributed by atoms with E-state index in [2.05, 4.69) is 15.9 Å². The third-order valence-electron chi connectivity index (χ3n) is 3.07. The van der Waals surface area contributed by atoms with Gasteiger partial charge in [0.15, 0.2) is 11.6 Å². The normalized spacial score (nSPS) is 11.9. The van der Waals surface area contributed by atoms with Gasteiger partial charge < -0.3 is 5.11 Å². The summed E-state index contributed by atoms with van der Waals surface area (Å²) in [6.45, 7) is 1.55. The Morgan fingerprint density at radius 2 is 1.70 bits per heavy atom. The summed E-state index contributed by atoms with van der Waals surface area (Å²) in [5, 5.41) is 9.75. The Hall–Kier alpha value is -1.94. The summed E-state index contributed by atoms with van der Waals surface area (Å²) in [7, 11) is 0. The van der Waals surface area contributed by atoms with E-state index in [1.54, 1.807) is 37.3 Å². The minimum absolute atomic E-state index is 0.120. The van der Waals surface area contributed by atoms with Gasteiger partial charge in [0.05, 0.1) is 11.5 Å². The molecule has 4 heteroatoms. The van der Waals surface area contributed by atoms with Crippen molar-refractivity contribution >= 4 is 27.5 Å². The molecule has 102 valence electrons. The first-order valence-corrected chi connectivity index (χ1v) is 6.92. The van der Waals surface area contributed by atoms with Crippen LogP contribution in [0.3, 0.4) is 0 Å². The van der Waals surface area contributed by atoms with Crippen LogP contribution in [0.1, 0.15) is 27.6 Å². The molecule has 0 aliphatic heterocycles. The lowest BCUT2D eigenvalue weighted by Crippen LogP contribution is -2.21. The van der Waals surface area contributed by atoms with Crippen molar-refractivity contribution in [1.82, 2.24) is 0 Å². The maximum atomic E-state index is 12.3. The zero-order chi connectivity index (χ0) is 14.7. The topological polar surface area (TPSA) is 54.4 Å². The van der Waals surface area contributed by atoms with Crippen molar-refractivity contribution in [3.05, 3.63) is 64.1 Å². The zero-order valence-electron chi connectivity index (χ0n) is 10.8. The van der Waals surface area contributed by atoms with E-state index in [1.807, 2.05) is 6.07 Å². The van der Waals surface area contributed by atoms with Gasteiger partial charge in [0.1, 0.15) is 5.75 Å². The maximum Gasteiger partial charge on any atom is 0.177 e. The van der Waals surface area contributed by atoms with Crippen molar-refractivity contribution in [3.63, 3.8) is 0 Å². The second-order valence-corrected chi connectivity index (χ2v) is 5.39. The first-order valence-electron chi connectivity index (χ1n) is 6.12. The van der Waals surface area contributed by atoms with Gasteiger partial charge in [0.25, 0.3) is 0 Å². The summed E-state index contributed by atoms with van der Waals surface area (Å²) in [6.07, 6.45) is 0. The van der Waals surface area contributed by atoms with Crippen molar-refractivity contribution < 1.29 is 14.7 Å². The quantitative estimate of drug-likeness (QED) is 0.683. The molecular weight excluding hydrogens is 320 g/mol. The molecule has 0 aromatic heterocycles. The van der Waals surface area contributed by atoms with Gasteiger partial charge in [-0.1, -0.05) is 46.3 Å². The van der Waals surface area contributed by atoms with Crippen LogP contribution in [-0.4, -0.2) is 16.7 Å². The number of phenolic OH excluding ortho intramolecular Hbond substituents is 1. The average Bonchev–Trinajstić information content (AvgIpc) is 2.48. The summed E-state index contributed by atoms with van der Waals surface area (Å²) < 4.78 is 0.679. The number of Topliss-reactive ketones (excluding diaryl/α,β-unsaturated/α-hetero) is 2. The molecule has 1 atom stereocenters. The fraction of sp³-hybridized carbons (Fsp3) is 0.125. The molecule has 0 saturated carbocycles. The lowest BCUT2D eigenvalue weighted by Gasteiger charge is -2.11. The van der Waals surface area contributed by atoms with E-state index in [1.165, 1.54) is 12.1 Å². The van der Waals surface area contributed by atoms with Crippen LogP contribution in [0.4, 0.5) is 0 Å². The number of hydrogen-bond donors (Lipinski definition) is 1. The highest BCUT2D eigenvalue weighted by atomic mass is 79.9. The minimum atomic E-state index is -0.836. The highest BCUT2D eigenvalue weighted by molar-refractivity contribution is 9.10. The number of aromatic hydroxyl groups is 1. The first kappa shape index (κ1) is 14.5. The monoisotopic (exact) mass is 332 g/mol. The second kappa shape index (κ2) is 6.01. The van der Waals surface area contributed by atoms with Gasteiger partial charge in [-0.05, 0) is 25.1 Å². The summed E-state index contributed by atoms with van der Waals surface area (Å²) in [6, 6.07) is 13.2. The molecule has 0 saturated heterocycles. The standard InChI is InChI=1S/C16H13BrO3/c1-10(15(19)11-5-3-2-4-6-11)16(20)13-9-12(17)7-8-14(13)18/h2-10,18H,1H3. The van der Waals surface area contributed by atoms with Crippen molar-refractivity contribution in [2.45, 2.75) is 6.92 Å². The summed E-state index contributed by atoms with van der Waals surface area (Å²) in [5.74, 6) is -1.60. The largest absolute Gasteiger partial charge is 0.507 e. The molecular formula is C16H13BrO3. The first-order chi connectivity index (χ1) is 9.50. The number of carbonyl (C=O) groups excluding carboxylic acids is 2. The van der Waals surface area contributed by atoms with Crippen LogP contribution < -0.4 is 0 Å². The molecule has 0 aliphatic rings. The highest BCUT2D eigenvalue weighted by Crippen LogP contribution is 2.25. The van der Waals surface area contributed by atoms with Gasteiger partial charge in [0.2, 0.25) is 0 Å². The van der Waals surface area contributed by atoms with Gasteiger partial charge >= 0.3 is 0 Å². The van der Waals surface area contributed by atoms with E-state index in [0.29, 0.717) is 10.0 Å². The Morgan fingerprint density at radius 1 is 1.05 bits per heavy atom. The Labute approximate surface area is 125 Å². The van der Waals surface area contributed by atoms with Gasteiger partial charge in [-0.2, -0.15) is 0 Å². The Kier molecular flexibility index (Phi) is 4.35. The maximum absolute atomic E-state index is 12.3. The molecule has 1 unspecified atom stereocenters. The van der Waals surface area contributed by atoms with Crippen LogP contribution in [0.25, 0.3) is 0 Å². The molecule has 0 bridgehead atoms. The van der Waals surface area contributed by atoms with Crippen molar-refractivity contribution in [3.8, 4) is 5.75 Å². The number of benzene rings is 2. The third kappa shape index (κ3) is 2.96. The molecule has 0 radical (unpaired) electrons. The summed E-state index contributed by atoms with van der Waals surface area (Å²) in [4.78, 5) is 24.6. The lowest BCUT2D eigenvalue weighted by atomic mass is 9.91. The van der Waals surface area contributed by atoms with Gasteiger partial charge in [-0.15, -0.1) is 0 Å². The zero-order valence-corrected chi connectivity index (χ0v) is 12.4. The van der Waals surface area contributed by atoms with Crippen molar-refractivity contribution in [1.29, 1.82) is 0 Å². The predicted molar refractivity (Wildman–Crippen MR) is 80.1 cm³/mol. The molecule has 20 heavy (non-hydrogen) atoms. The van der Waals surface area contributed by atoms with Crippen LogP contribution in [0, 0.1) is 5.92 Å². The van der Waals surface area contributed by atoms with E-state index in [9.17, 15) is 14.7 Å². The number of halogens is 1. The van der Waals surface area contributed by atoms with Crippen LogP contribution >= 0.6 is 15.9 Å². The second-order valence-electron chi connectivity index (χ2n) is 4.48. The Morgan fingerprint density at radius 3 is 2.35 bits per heavy atom. The fourth-order valence-electron chi connectivity index (χ4n) is 1.91. The van der Waals surface area contributed by atoms with Crippen LogP contribution in [0.5, 0.6) is 5.75 Å². The van der Waals surface area contributed by atoms with Crippen LogP contribution in [-0.2, 0) is 0 Å². The van der Waals surface area contributed by atoms with E-state index >= 15 is 0 Å². The van der Waals surface area contributed by atoms with Gasteiger partial charge in [-0.3, -0.25) is 9.59 Å². The van der Waals surface area contributed by atoms with E-state index in [-0.39, 0.29) is 17.1 Å². The van der Waals surface area contributed by atoms with Crippen molar-refractivity contribution in [2.24, 2.45) is 5.92 Å². The molecule has 3 nitrogen and oxygen atoms in total. The predicted octanol–water partition coefficient (Wildman–Crippen LogP) is 3.86. The third-order valence-corrected chi connectivity index (χ3v) is 3.56. The number of carbonyl (C=O) groups is 2. The molecule has 1 N–H and O–H groups in total. The van der Waals surface area contributed by atoms with E-state index < -0.39 is 11.7 Å². The Bertz CT molecular complexity index is 650. The van der Waals surface area contributed by atoms with Crippen LogP contribution in [0.15, 0.2) is 53.0 Å². The molecule has 0 fully saturated rings. The molecule has 0 spiro atoms. The van der Waals surface area contributed by atoms with E-state index in [0.717, 1.165) is 0 Å². The minimum Gasteiger partial charge on any atom is -0.507 e. The molecule has 0 heterocycles. The number of hydrogen-bond acceptors (Lipinski definition) is 3. The SMILES string of the molecule is CC(C(=O)c1ccccc1)C(=O)c1cc(Br)ccc1O. The van der Waals surface area contributed by atoms with Crippen LogP contribution in [0.2, 0.25) is 0 Å². The number of rotatable bonds is 4. The summed E-state index contributed by atoms with van der Waals surface area (Å²) >= 11 is 3.25. The number of phenols is 1. The van der Waals surface area contributed by atoms with Crippen molar-refractivity contribution in [2.75, 3.05) is 0 Å². The molecule has 0 aliphatic carbocycles. The highest BCUT2D eigenvalue weighted by Gasteiger charge is 2.25. The summed E-state index contributed by atoms with van der Waals surface area (Å²) in [5.41, 5.74) is 0.638. The fourth-order valence-corrected chi connectivity index (χ4v) is 2.27. The molecule has 2 aromatic rings.